The molecule has 0 aromatic heterocycles. The van der Waals surface area contributed by atoms with Crippen LogP contribution in [0.25, 0.3) is 0 Å². The number of hydrogen-bond acceptors (Lipinski definition) is 3. The van der Waals surface area contributed by atoms with Gasteiger partial charge in [-0.2, -0.15) is 0 Å². The van der Waals surface area contributed by atoms with Crippen LogP contribution in [0.4, 0.5) is 0 Å². The lowest BCUT2D eigenvalue weighted by Crippen LogP contribution is -2.29. The molecular weight excluding hydrogens is 334 g/mol. The Balaban J connectivity index is 2.12. The highest BCUT2D eigenvalue weighted by Gasteiger charge is 2.17. The Bertz CT molecular complexity index is 797. The Morgan fingerprint density at radius 3 is 2.12 bits per heavy atom. The molecule has 0 fully saturated rings. The van der Waals surface area contributed by atoms with Crippen molar-refractivity contribution in [2.24, 2.45) is 5.92 Å². The van der Waals surface area contributed by atoms with E-state index in [0.29, 0.717) is 17.0 Å². The summed E-state index contributed by atoms with van der Waals surface area (Å²) in [5, 5.41) is 3.09. The quantitative estimate of drug-likeness (QED) is 0.819. The third-order valence-electron chi connectivity index (χ3n) is 3.86. The van der Waals surface area contributed by atoms with Gasteiger partial charge in [0.05, 0.1) is 11.8 Å². The van der Waals surface area contributed by atoms with Gasteiger partial charge >= 0.3 is 0 Å². The van der Waals surface area contributed by atoms with Crippen LogP contribution in [-0.2, 0) is 15.6 Å². The lowest BCUT2D eigenvalue weighted by Gasteiger charge is -2.21. The number of rotatable bonds is 7. The molecule has 2 aromatic carbocycles. The molecule has 0 spiro atoms. The largest absolute Gasteiger partial charge is 0.345 e. The second kappa shape index (κ2) is 8.30. The highest BCUT2D eigenvalue weighted by Crippen LogP contribution is 2.21. The van der Waals surface area contributed by atoms with Crippen LogP contribution < -0.4 is 5.32 Å². The number of sulfone groups is 1. The van der Waals surface area contributed by atoms with Crippen molar-refractivity contribution in [1.29, 1.82) is 0 Å². The van der Waals surface area contributed by atoms with Crippen LogP contribution in [0.5, 0.6) is 0 Å². The van der Waals surface area contributed by atoms with Crippen molar-refractivity contribution in [1.82, 2.24) is 5.32 Å². The van der Waals surface area contributed by atoms with Gasteiger partial charge < -0.3 is 5.32 Å². The van der Waals surface area contributed by atoms with Gasteiger partial charge in [-0.3, -0.25) is 4.79 Å². The lowest BCUT2D eigenvalue weighted by atomic mass is 9.96. The van der Waals surface area contributed by atoms with E-state index >= 15 is 0 Å². The molecule has 0 saturated carbocycles. The van der Waals surface area contributed by atoms with Crippen molar-refractivity contribution < 1.29 is 13.2 Å². The normalized spacial score (nSPS) is 12.8. The van der Waals surface area contributed by atoms with Crippen LogP contribution in [0.1, 0.15) is 47.8 Å². The number of amides is 1. The molecule has 1 amide bonds. The molecule has 0 aliphatic heterocycles. The molecule has 4 nitrogen and oxygen atoms in total. The average Bonchev–Trinajstić information content (AvgIpc) is 2.54. The Hall–Kier alpha value is -2.14. The maximum absolute atomic E-state index is 12.6. The van der Waals surface area contributed by atoms with Crippen LogP contribution in [-0.4, -0.2) is 20.6 Å². The molecular formula is C20H25NO3S. The van der Waals surface area contributed by atoms with Crippen molar-refractivity contribution in [2.45, 2.75) is 32.1 Å². The summed E-state index contributed by atoms with van der Waals surface area (Å²) >= 11 is 0. The van der Waals surface area contributed by atoms with Crippen molar-refractivity contribution in [3.05, 3.63) is 71.3 Å². The lowest BCUT2D eigenvalue weighted by molar-refractivity contribution is 0.0932. The second-order valence-electron chi connectivity index (χ2n) is 6.83. The zero-order chi connectivity index (χ0) is 18.4. The van der Waals surface area contributed by atoms with Crippen LogP contribution >= 0.6 is 0 Å². The molecule has 0 unspecified atom stereocenters. The zero-order valence-electron chi connectivity index (χ0n) is 14.9. The molecule has 0 heterocycles. The Morgan fingerprint density at radius 1 is 1.00 bits per heavy atom. The van der Waals surface area contributed by atoms with Crippen molar-refractivity contribution in [3.8, 4) is 0 Å². The van der Waals surface area contributed by atoms with Gasteiger partial charge in [-0.1, -0.05) is 56.3 Å². The number of nitrogens with one attached hydrogen (secondary N) is 1. The van der Waals surface area contributed by atoms with Crippen molar-refractivity contribution >= 4 is 15.7 Å². The first-order valence-electron chi connectivity index (χ1n) is 8.37. The van der Waals surface area contributed by atoms with Crippen LogP contribution in [0.3, 0.4) is 0 Å². The molecule has 0 radical (unpaired) electrons. The van der Waals surface area contributed by atoms with Gasteiger partial charge in [0.2, 0.25) is 0 Å². The van der Waals surface area contributed by atoms with Crippen LogP contribution in [0.15, 0.2) is 54.6 Å². The second-order valence-corrected chi connectivity index (χ2v) is 8.97. The summed E-state index contributed by atoms with van der Waals surface area (Å²) in [6.45, 7) is 4.25. The van der Waals surface area contributed by atoms with E-state index in [0.717, 1.165) is 12.0 Å². The van der Waals surface area contributed by atoms with Gasteiger partial charge in [0.1, 0.15) is 0 Å². The number of hydrogen-bond donors (Lipinski definition) is 1. The maximum atomic E-state index is 12.6. The Morgan fingerprint density at radius 2 is 1.60 bits per heavy atom. The van der Waals surface area contributed by atoms with E-state index in [1.807, 2.05) is 30.3 Å². The SMILES string of the molecule is CC(C)C[C@@H](NC(=O)c1ccc(CS(C)(=O)=O)cc1)c1ccccc1. The molecule has 0 aliphatic carbocycles. The van der Waals surface area contributed by atoms with E-state index in [2.05, 4.69) is 19.2 Å². The third-order valence-corrected chi connectivity index (χ3v) is 4.72. The summed E-state index contributed by atoms with van der Waals surface area (Å²) < 4.78 is 22.7. The van der Waals surface area contributed by atoms with Gasteiger partial charge in [0.15, 0.2) is 9.84 Å². The molecule has 0 aliphatic rings. The number of carbonyl (C=O) groups excluding carboxylic acids is 1. The summed E-state index contributed by atoms with van der Waals surface area (Å²) in [5.74, 6) is 0.276. The minimum absolute atomic E-state index is 0.0190. The molecule has 2 aromatic rings. The van der Waals surface area contributed by atoms with Gasteiger partial charge in [-0.05, 0) is 35.6 Å². The average molecular weight is 359 g/mol. The summed E-state index contributed by atoms with van der Waals surface area (Å²) in [6, 6.07) is 16.6. The summed E-state index contributed by atoms with van der Waals surface area (Å²) in [6.07, 6.45) is 2.05. The topological polar surface area (TPSA) is 63.2 Å². The monoisotopic (exact) mass is 359 g/mol. The van der Waals surface area contributed by atoms with Gasteiger partial charge in [0, 0.05) is 11.8 Å². The summed E-state index contributed by atoms with van der Waals surface area (Å²) in [5.41, 5.74) is 2.29. The maximum Gasteiger partial charge on any atom is 0.251 e. The van der Waals surface area contributed by atoms with E-state index in [1.54, 1.807) is 24.3 Å². The fraction of sp³-hybridized carbons (Fsp3) is 0.350. The predicted molar refractivity (Wildman–Crippen MR) is 101 cm³/mol. The highest BCUT2D eigenvalue weighted by molar-refractivity contribution is 7.89. The predicted octanol–water partition coefficient (Wildman–Crippen LogP) is 3.75. The zero-order valence-corrected chi connectivity index (χ0v) is 15.7. The first-order chi connectivity index (χ1) is 11.7. The van der Waals surface area contributed by atoms with E-state index in [9.17, 15) is 13.2 Å². The third kappa shape index (κ3) is 6.35. The first-order valence-corrected chi connectivity index (χ1v) is 10.4. The highest BCUT2D eigenvalue weighted by atomic mass is 32.2. The Labute approximate surface area is 150 Å². The number of benzene rings is 2. The minimum atomic E-state index is -3.08. The fourth-order valence-electron chi connectivity index (χ4n) is 2.73. The Kier molecular flexibility index (Phi) is 6.37. The first kappa shape index (κ1) is 19.2. The molecule has 0 bridgehead atoms. The van der Waals surface area contributed by atoms with E-state index in [1.165, 1.54) is 6.26 Å². The van der Waals surface area contributed by atoms with Crippen molar-refractivity contribution in [3.63, 3.8) is 0 Å². The van der Waals surface area contributed by atoms with E-state index in [-0.39, 0.29) is 17.7 Å². The standard InChI is InChI=1S/C20H25NO3S/c1-15(2)13-19(17-7-5-4-6-8-17)21-20(22)18-11-9-16(10-12-18)14-25(3,23)24/h4-12,15,19H,13-14H2,1-3H3,(H,21,22)/t19-/m1/s1. The molecule has 1 N–H and O–H groups in total. The summed E-state index contributed by atoms with van der Waals surface area (Å²) in [4.78, 5) is 12.6. The van der Waals surface area contributed by atoms with E-state index < -0.39 is 9.84 Å². The molecule has 2 rings (SSSR count). The molecule has 25 heavy (non-hydrogen) atoms. The molecule has 1 atom stereocenters. The molecule has 0 saturated heterocycles. The van der Waals surface area contributed by atoms with Crippen LogP contribution in [0, 0.1) is 5.92 Å². The van der Waals surface area contributed by atoms with Gasteiger partial charge in [-0.25, -0.2) is 8.42 Å². The number of carbonyl (C=O) groups is 1. The summed E-state index contributed by atoms with van der Waals surface area (Å²) in [7, 11) is -3.08. The smallest absolute Gasteiger partial charge is 0.251 e. The molecule has 5 heteroatoms. The van der Waals surface area contributed by atoms with Crippen molar-refractivity contribution in [2.75, 3.05) is 6.26 Å². The minimum Gasteiger partial charge on any atom is -0.345 e. The fourth-order valence-corrected chi connectivity index (χ4v) is 3.53. The van der Waals surface area contributed by atoms with Crippen LogP contribution in [0.2, 0.25) is 0 Å². The van der Waals surface area contributed by atoms with Gasteiger partial charge in [-0.15, -0.1) is 0 Å². The van der Waals surface area contributed by atoms with Gasteiger partial charge in [0.25, 0.3) is 5.91 Å². The molecule has 134 valence electrons. The van der Waals surface area contributed by atoms with E-state index in [4.69, 9.17) is 0 Å².